The molecule has 0 radical (unpaired) electrons. The third kappa shape index (κ3) is 4.81. The molecule has 0 heterocycles. The molecule has 132 valence electrons. The van der Waals surface area contributed by atoms with E-state index in [0.717, 1.165) is 18.5 Å². The Balaban J connectivity index is 1.87. The molecule has 3 atom stereocenters. The molecule has 1 saturated carbocycles. The van der Waals surface area contributed by atoms with Crippen LogP contribution >= 0.6 is 0 Å². The first-order valence-corrected chi connectivity index (χ1v) is 8.71. The van der Waals surface area contributed by atoms with E-state index in [2.05, 4.69) is 26.1 Å². The van der Waals surface area contributed by atoms with Crippen LogP contribution in [0.5, 0.6) is 0 Å². The predicted octanol–water partition coefficient (Wildman–Crippen LogP) is 2.73. The van der Waals surface area contributed by atoms with Crippen molar-refractivity contribution in [2.45, 2.75) is 39.7 Å². The molecule has 1 aliphatic rings. The highest BCUT2D eigenvalue weighted by Crippen LogP contribution is 2.38. The number of benzene rings is 1. The van der Waals surface area contributed by atoms with Gasteiger partial charge in [0.1, 0.15) is 0 Å². The van der Waals surface area contributed by atoms with Gasteiger partial charge >= 0.3 is 0 Å². The van der Waals surface area contributed by atoms with E-state index in [4.69, 9.17) is 5.73 Å². The van der Waals surface area contributed by atoms with Crippen molar-refractivity contribution in [1.82, 2.24) is 4.90 Å². The van der Waals surface area contributed by atoms with E-state index in [1.54, 1.807) is 36.2 Å². The van der Waals surface area contributed by atoms with Crippen LogP contribution in [-0.2, 0) is 4.79 Å². The van der Waals surface area contributed by atoms with Gasteiger partial charge in [-0.2, -0.15) is 0 Å². The van der Waals surface area contributed by atoms with E-state index >= 15 is 0 Å². The SMILES string of the molecule is CC(C)C(N)CCN(C)C(=O)c1ccc(NC(=O)C2CC2C)cc1. The van der Waals surface area contributed by atoms with Crippen molar-refractivity contribution < 1.29 is 9.59 Å². The second-order valence-corrected chi connectivity index (χ2v) is 7.31. The first-order chi connectivity index (χ1) is 11.3. The van der Waals surface area contributed by atoms with Crippen LogP contribution in [0.2, 0.25) is 0 Å². The van der Waals surface area contributed by atoms with Gasteiger partial charge in [-0.05, 0) is 48.9 Å². The molecule has 1 aromatic rings. The maximum atomic E-state index is 12.4. The van der Waals surface area contributed by atoms with Gasteiger partial charge in [-0.25, -0.2) is 0 Å². The predicted molar refractivity (Wildman–Crippen MR) is 96.7 cm³/mol. The summed E-state index contributed by atoms with van der Waals surface area (Å²) in [5.41, 5.74) is 7.39. The maximum Gasteiger partial charge on any atom is 0.253 e. The summed E-state index contributed by atoms with van der Waals surface area (Å²) >= 11 is 0. The van der Waals surface area contributed by atoms with Crippen LogP contribution in [0.3, 0.4) is 0 Å². The standard InChI is InChI=1S/C19H29N3O2/c1-12(2)17(20)9-10-22(4)19(24)14-5-7-15(8-6-14)21-18(23)16-11-13(16)3/h5-8,12-13,16-17H,9-11,20H2,1-4H3,(H,21,23). The Bertz CT molecular complexity index is 583. The minimum absolute atomic E-state index is 0.0281. The van der Waals surface area contributed by atoms with Gasteiger partial charge < -0.3 is 16.0 Å². The molecule has 2 amide bonds. The van der Waals surface area contributed by atoms with Gasteiger partial charge in [-0.15, -0.1) is 0 Å². The van der Waals surface area contributed by atoms with E-state index < -0.39 is 0 Å². The molecule has 2 rings (SSSR count). The molecule has 3 unspecified atom stereocenters. The lowest BCUT2D eigenvalue weighted by Gasteiger charge is -2.21. The van der Waals surface area contributed by atoms with Gasteiger partial charge in [0.25, 0.3) is 5.91 Å². The molecule has 0 aromatic heterocycles. The highest BCUT2D eigenvalue weighted by molar-refractivity contribution is 5.96. The minimum Gasteiger partial charge on any atom is -0.342 e. The summed E-state index contributed by atoms with van der Waals surface area (Å²) in [6, 6.07) is 7.18. The number of carbonyl (C=O) groups is 2. The number of amides is 2. The number of hydrogen-bond acceptors (Lipinski definition) is 3. The van der Waals surface area contributed by atoms with Crippen molar-refractivity contribution in [3.63, 3.8) is 0 Å². The fraction of sp³-hybridized carbons (Fsp3) is 0.579. The molecule has 5 nitrogen and oxygen atoms in total. The maximum absolute atomic E-state index is 12.4. The lowest BCUT2D eigenvalue weighted by Crippen LogP contribution is -2.34. The summed E-state index contributed by atoms with van der Waals surface area (Å²) in [5, 5.41) is 2.90. The number of nitrogens with zero attached hydrogens (tertiary/aromatic N) is 1. The zero-order valence-corrected chi connectivity index (χ0v) is 15.1. The van der Waals surface area contributed by atoms with Crippen molar-refractivity contribution in [3.8, 4) is 0 Å². The van der Waals surface area contributed by atoms with E-state index in [1.807, 2.05) is 0 Å². The van der Waals surface area contributed by atoms with Crippen molar-refractivity contribution in [2.75, 3.05) is 18.9 Å². The summed E-state index contributed by atoms with van der Waals surface area (Å²) in [6.45, 7) is 6.88. The fourth-order valence-electron chi connectivity index (χ4n) is 2.62. The Labute approximate surface area is 144 Å². The van der Waals surface area contributed by atoms with Crippen LogP contribution in [0.1, 0.15) is 44.0 Å². The number of anilines is 1. The Morgan fingerprint density at radius 1 is 1.29 bits per heavy atom. The molecule has 24 heavy (non-hydrogen) atoms. The number of hydrogen-bond donors (Lipinski definition) is 2. The Morgan fingerprint density at radius 3 is 2.38 bits per heavy atom. The van der Waals surface area contributed by atoms with Crippen molar-refractivity contribution in [1.29, 1.82) is 0 Å². The second kappa shape index (κ2) is 7.79. The molecule has 0 aliphatic heterocycles. The largest absolute Gasteiger partial charge is 0.342 e. The van der Waals surface area contributed by atoms with Gasteiger partial charge in [0.2, 0.25) is 5.91 Å². The number of rotatable bonds is 7. The quantitative estimate of drug-likeness (QED) is 0.806. The second-order valence-electron chi connectivity index (χ2n) is 7.31. The molecule has 5 heteroatoms. The molecular weight excluding hydrogens is 302 g/mol. The van der Waals surface area contributed by atoms with Crippen molar-refractivity contribution in [3.05, 3.63) is 29.8 Å². The highest BCUT2D eigenvalue weighted by atomic mass is 16.2. The van der Waals surface area contributed by atoms with Crippen LogP contribution in [0.4, 0.5) is 5.69 Å². The smallest absolute Gasteiger partial charge is 0.253 e. The third-order valence-corrected chi connectivity index (χ3v) is 4.85. The van der Waals surface area contributed by atoms with Crippen LogP contribution in [-0.4, -0.2) is 36.3 Å². The highest BCUT2D eigenvalue weighted by Gasteiger charge is 2.39. The van der Waals surface area contributed by atoms with E-state index in [-0.39, 0.29) is 23.8 Å². The summed E-state index contributed by atoms with van der Waals surface area (Å²) < 4.78 is 0. The lowest BCUT2D eigenvalue weighted by atomic mass is 10.0. The number of carbonyl (C=O) groups excluding carboxylic acids is 2. The van der Waals surface area contributed by atoms with E-state index in [0.29, 0.717) is 23.9 Å². The molecule has 0 bridgehead atoms. The normalized spacial score (nSPS) is 20.6. The first kappa shape index (κ1) is 18.5. The molecule has 1 aromatic carbocycles. The molecule has 0 saturated heterocycles. The van der Waals surface area contributed by atoms with Gasteiger partial charge in [0.15, 0.2) is 0 Å². The van der Waals surface area contributed by atoms with Gasteiger partial charge in [-0.3, -0.25) is 9.59 Å². The number of nitrogens with one attached hydrogen (secondary N) is 1. The van der Waals surface area contributed by atoms with Crippen molar-refractivity contribution >= 4 is 17.5 Å². The minimum atomic E-state index is -0.0281. The molecule has 0 spiro atoms. The van der Waals surface area contributed by atoms with Gasteiger partial charge in [0.05, 0.1) is 0 Å². The van der Waals surface area contributed by atoms with Crippen LogP contribution in [0, 0.1) is 17.8 Å². The molecule has 1 fully saturated rings. The molecule has 1 aliphatic carbocycles. The van der Waals surface area contributed by atoms with Crippen LogP contribution in [0.15, 0.2) is 24.3 Å². The molecule has 3 N–H and O–H groups in total. The summed E-state index contributed by atoms with van der Waals surface area (Å²) in [5.74, 6) is 1.07. The lowest BCUT2D eigenvalue weighted by molar-refractivity contribution is -0.117. The fourth-order valence-corrected chi connectivity index (χ4v) is 2.62. The van der Waals surface area contributed by atoms with Crippen LogP contribution < -0.4 is 11.1 Å². The Morgan fingerprint density at radius 2 is 1.88 bits per heavy atom. The summed E-state index contributed by atoms with van der Waals surface area (Å²) in [7, 11) is 1.79. The third-order valence-electron chi connectivity index (χ3n) is 4.85. The molecular formula is C19H29N3O2. The van der Waals surface area contributed by atoms with Gasteiger partial charge in [-0.1, -0.05) is 20.8 Å². The van der Waals surface area contributed by atoms with Crippen molar-refractivity contribution in [2.24, 2.45) is 23.5 Å². The monoisotopic (exact) mass is 331 g/mol. The van der Waals surface area contributed by atoms with E-state index in [9.17, 15) is 9.59 Å². The zero-order valence-electron chi connectivity index (χ0n) is 15.1. The Hall–Kier alpha value is -1.88. The topological polar surface area (TPSA) is 75.4 Å². The zero-order chi connectivity index (χ0) is 17.9. The van der Waals surface area contributed by atoms with Crippen LogP contribution in [0.25, 0.3) is 0 Å². The Kier molecular flexibility index (Phi) is 5.99. The summed E-state index contributed by atoms with van der Waals surface area (Å²) in [4.78, 5) is 26.0. The van der Waals surface area contributed by atoms with Gasteiger partial charge in [0, 0.05) is 36.8 Å². The first-order valence-electron chi connectivity index (χ1n) is 8.71. The van der Waals surface area contributed by atoms with E-state index in [1.165, 1.54) is 0 Å². The summed E-state index contributed by atoms with van der Waals surface area (Å²) in [6.07, 6.45) is 1.75. The number of nitrogens with two attached hydrogens (primary N) is 1. The average Bonchev–Trinajstić information content (AvgIpc) is 3.29. The average molecular weight is 331 g/mol.